The number of anilines is 2. The molecule has 3 nitrogen and oxygen atoms in total. The fourth-order valence-electron chi connectivity index (χ4n) is 2.52. The topological polar surface area (TPSA) is 47.9 Å². The van der Waals surface area contributed by atoms with Crippen molar-refractivity contribution in [2.75, 3.05) is 10.6 Å². The lowest BCUT2D eigenvalue weighted by Gasteiger charge is -2.04. The summed E-state index contributed by atoms with van der Waals surface area (Å²) in [6, 6.07) is 18.0. The third-order valence-electron chi connectivity index (χ3n) is 3.57. The molecular weight excluding hydrogens is 314 g/mol. The predicted octanol–water partition coefficient (Wildman–Crippen LogP) is 5.28. The lowest BCUT2D eigenvalue weighted by atomic mass is 10.2. The second-order valence-electron chi connectivity index (χ2n) is 4.90. The molecule has 1 aromatic heterocycles. The van der Waals surface area contributed by atoms with E-state index in [0.29, 0.717) is 16.4 Å². The number of thiophene rings is 1. The number of halogens is 1. The Morgan fingerprint density at radius 1 is 1.00 bits per heavy atom. The molecule has 1 aliphatic heterocycles. The molecule has 0 aliphatic carbocycles. The smallest absolute Gasteiger partial charge is 0.127 e. The maximum Gasteiger partial charge on any atom is 0.127 e. The van der Waals surface area contributed by atoms with Crippen LogP contribution in [0, 0.1) is 11.3 Å². The van der Waals surface area contributed by atoms with Crippen LogP contribution in [0.4, 0.5) is 11.4 Å². The molecule has 0 radical (unpaired) electrons. The lowest BCUT2D eigenvalue weighted by Crippen LogP contribution is -2.02. The molecule has 0 spiro atoms. The van der Waals surface area contributed by atoms with Gasteiger partial charge in [0.2, 0.25) is 0 Å². The number of hydrogen-bond acceptors (Lipinski definition) is 4. The number of nitrogens with zero attached hydrogens (tertiary/aromatic N) is 1. The normalized spacial score (nSPS) is 12.5. The Labute approximate surface area is 136 Å². The molecule has 0 saturated heterocycles. The van der Waals surface area contributed by atoms with Crippen molar-refractivity contribution in [3.05, 3.63) is 64.3 Å². The molecule has 1 aliphatic rings. The fourth-order valence-corrected chi connectivity index (χ4v) is 4.05. The van der Waals surface area contributed by atoms with Crippen LogP contribution in [0.1, 0.15) is 4.88 Å². The van der Waals surface area contributed by atoms with Gasteiger partial charge in [0.1, 0.15) is 17.5 Å². The Hall–Kier alpha value is -2.48. The number of para-hydroxylation sites is 2. The third-order valence-corrected chi connectivity index (χ3v) is 5.26. The van der Waals surface area contributed by atoms with E-state index in [4.69, 9.17) is 11.6 Å². The number of nitrogens with one attached hydrogen (secondary N) is 2. The number of benzene rings is 2. The first-order chi connectivity index (χ1) is 10.8. The van der Waals surface area contributed by atoms with E-state index in [9.17, 15) is 5.26 Å². The molecule has 4 rings (SSSR count). The zero-order valence-corrected chi connectivity index (χ0v) is 12.9. The third kappa shape index (κ3) is 1.95. The van der Waals surface area contributed by atoms with Crippen molar-refractivity contribution < 1.29 is 0 Å². The predicted molar refractivity (Wildman–Crippen MR) is 93.1 cm³/mol. The molecule has 0 atom stereocenters. The maximum atomic E-state index is 9.63. The van der Waals surface area contributed by atoms with Gasteiger partial charge in [-0.2, -0.15) is 5.26 Å². The van der Waals surface area contributed by atoms with E-state index in [2.05, 4.69) is 16.7 Å². The number of nitriles is 1. The van der Waals surface area contributed by atoms with Crippen molar-refractivity contribution in [3.63, 3.8) is 0 Å². The summed E-state index contributed by atoms with van der Waals surface area (Å²) in [5.41, 5.74) is 2.45. The standard InChI is InChI=1S/C17H10ClN3S/c18-15-10-5-1-4-8-14(10)22-16(15)11(9-19)17-20-12-6-2-3-7-13(12)21-17/h1-8,20-21H. The average molecular weight is 324 g/mol. The summed E-state index contributed by atoms with van der Waals surface area (Å²) in [4.78, 5) is 0.785. The van der Waals surface area contributed by atoms with Crippen molar-refractivity contribution >= 4 is 50.0 Å². The Morgan fingerprint density at radius 2 is 1.64 bits per heavy atom. The molecule has 22 heavy (non-hydrogen) atoms. The van der Waals surface area contributed by atoms with Gasteiger partial charge in [0.05, 0.1) is 21.3 Å². The zero-order chi connectivity index (χ0) is 15.1. The molecule has 0 bridgehead atoms. The van der Waals surface area contributed by atoms with Crippen LogP contribution in [0.2, 0.25) is 5.02 Å². The van der Waals surface area contributed by atoms with Crippen molar-refractivity contribution in [1.29, 1.82) is 5.26 Å². The van der Waals surface area contributed by atoms with Crippen molar-refractivity contribution in [1.82, 2.24) is 0 Å². The van der Waals surface area contributed by atoms with Crippen LogP contribution in [0.25, 0.3) is 15.7 Å². The summed E-state index contributed by atoms with van der Waals surface area (Å²) in [5, 5.41) is 17.7. The highest BCUT2D eigenvalue weighted by molar-refractivity contribution is 7.21. The molecule has 3 aromatic rings. The van der Waals surface area contributed by atoms with Gasteiger partial charge in [0, 0.05) is 10.1 Å². The molecule has 0 unspecified atom stereocenters. The van der Waals surface area contributed by atoms with Gasteiger partial charge < -0.3 is 10.6 Å². The van der Waals surface area contributed by atoms with Gasteiger partial charge in [-0.05, 0) is 18.2 Å². The Morgan fingerprint density at radius 3 is 2.27 bits per heavy atom. The monoisotopic (exact) mass is 323 g/mol. The van der Waals surface area contributed by atoms with Crippen LogP contribution in [-0.2, 0) is 0 Å². The van der Waals surface area contributed by atoms with Crippen molar-refractivity contribution in [2.45, 2.75) is 0 Å². The first kappa shape index (κ1) is 13.2. The summed E-state index contributed by atoms with van der Waals surface area (Å²) in [5.74, 6) is 0.678. The van der Waals surface area contributed by atoms with Crippen LogP contribution in [0.15, 0.2) is 54.4 Å². The average Bonchev–Trinajstić information content (AvgIpc) is 3.11. The van der Waals surface area contributed by atoms with Gasteiger partial charge >= 0.3 is 0 Å². The Bertz CT molecular complexity index is 938. The Kier molecular flexibility index (Phi) is 3.04. The molecule has 0 saturated carbocycles. The van der Waals surface area contributed by atoms with E-state index < -0.39 is 0 Å². The largest absolute Gasteiger partial charge is 0.339 e. The molecule has 106 valence electrons. The SMILES string of the molecule is N#CC(=C1Nc2ccccc2N1)c1sc2ccccc2c1Cl. The van der Waals surface area contributed by atoms with Crippen molar-refractivity contribution in [2.24, 2.45) is 0 Å². The molecule has 0 amide bonds. The summed E-state index contributed by atoms with van der Waals surface area (Å²) in [7, 11) is 0. The van der Waals surface area contributed by atoms with E-state index >= 15 is 0 Å². The first-order valence-corrected chi connectivity index (χ1v) is 7.92. The van der Waals surface area contributed by atoms with Crippen LogP contribution in [0.5, 0.6) is 0 Å². The molecule has 2 heterocycles. The highest BCUT2D eigenvalue weighted by Gasteiger charge is 2.22. The number of rotatable bonds is 1. The van der Waals surface area contributed by atoms with E-state index in [0.717, 1.165) is 26.3 Å². The van der Waals surface area contributed by atoms with Gasteiger partial charge in [-0.25, -0.2) is 0 Å². The minimum absolute atomic E-state index is 0.530. The van der Waals surface area contributed by atoms with Crippen LogP contribution < -0.4 is 10.6 Å². The van der Waals surface area contributed by atoms with Gasteiger partial charge in [0.25, 0.3) is 0 Å². The first-order valence-electron chi connectivity index (χ1n) is 6.73. The molecule has 2 N–H and O–H groups in total. The van der Waals surface area contributed by atoms with E-state index in [-0.39, 0.29) is 0 Å². The summed E-state index contributed by atoms with van der Waals surface area (Å²) < 4.78 is 1.08. The minimum atomic E-state index is 0.530. The molecular formula is C17H10ClN3S. The fraction of sp³-hybridized carbons (Fsp3) is 0. The summed E-state index contributed by atoms with van der Waals surface area (Å²) >= 11 is 8.02. The molecule has 0 fully saturated rings. The summed E-state index contributed by atoms with van der Waals surface area (Å²) in [6.45, 7) is 0. The molecule has 5 heteroatoms. The number of fused-ring (bicyclic) bond motifs is 2. The van der Waals surface area contributed by atoms with E-state index in [1.54, 1.807) is 0 Å². The maximum absolute atomic E-state index is 9.63. The van der Waals surface area contributed by atoms with Crippen LogP contribution in [0.3, 0.4) is 0 Å². The minimum Gasteiger partial charge on any atom is -0.339 e. The van der Waals surface area contributed by atoms with Crippen LogP contribution >= 0.6 is 22.9 Å². The molecule has 2 aromatic carbocycles. The second kappa shape index (κ2) is 5.06. The van der Waals surface area contributed by atoms with Gasteiger partial charge in [-0.1, -0.05) is 41.9 Å². The van der Waals surface area contributed by atoms with Crippen molar-refractivity contribution in [3.8, 4) is 6.07 Å². The quantitative estimate of drug-likeness (QED) is 0.598. The van der Waals surface area contributed by atoms with Gasteiger partial charge in [-0.15, -0.1) is 11.3 Å². The number of hydrogen-bond donors (Lipinski definition) is 2. The highest BCUT2D eigenvalue weighted by Crippen LogP contribution is 2.41. The second-order valence-corrected chi connectivity index (χ2v) is 6.33. The van der Waals surface area contributed by atoms with Gasteiger partial charge in [0.15, 0.2) is 0 Å². The Balaban J connectivity index is 1.88. The number of allylic oxidation sites excluding steroid dienone is 1. The zero-order valence-electron chi connectivity index (χ0n) is 11.4. The van der Waals surface area contributed by atoms with Gasteiger partial charge in [-0.3, -0.25) is 0 Å². The van der Waals surface area contributed by atoms with Crippen LogP contribution in [-0.4, -0.2) is 0 Å². The van der Waals surface area contributed by atoms with E-state index in [1.165, 1.54) is 11.3 Å². The van der Waals surface area contributed by atoms with E-state index in [1.807, 2.05) is 48.5 Å². The highest BCUT2D eigenvalue weighted by atomic mass is 35.5. The summed E-state index contributed by atoms with van der Waals surface area (Å²) in [6.07, 6.45) is 0. The lowest BCUT2D eigenvalue weighted by molar-refractivity contribution is 1.47.